The molecule has 5 nitrogen and oxygen atoms in total. The van der Waals surface area contributed by atoms with Gasteiger partial charge in [0.15, 0.2) is 0 Å². The summed E-state index contributed by atoms with van der Waals surface area (Å²) in [5.41, 5.74) is 16.1. The number of piperazine rings is 1. The summed E-state index contributed by atoms with van der Waals surface area (Å²) in [6, 6.07) is 16.8. The molecule has 0 radical (unpaired) electrons. The minimum absolute atomic E-state index is 0.338. The number of benzene rings is 3. The number of para-hydroxylation sites is 1. The van der Waals surface area contributed by atoms with Crippen LogP contribution in [0, 0.1) is 0 Å². The number of rotatable bonds is 7. The Kier molecular flexibility index (Phi) is 6.29. The SMILES string of the molecule is CCCCc1c(C(N)=O)c(N2CCNCC2)c2c(c1-c1ccccc1OC)-c1ccccc1C2. The summed E-state index contributed by atoms with van der Waals surface area (Å²) in [7, 11) is 1.71. The van der Waals surface area contributed by atoms with Gasteiger partial charge in [-0.3, -0.25) is 4.79 Å². The number of hydrogen-bond donors (Lipinski definition) is 2. The Balaban J connectivity index is 1.92. The third-order valence-corrected chi connectivity index (χ3v) is 7.17. The van der Waals surface area contributed by atoms with E-state index in [0.717, 1.165) is 80.0 Å². The lowest BCUT2D eigenvalue weighted by molar-refractivity contribution is 0.0999. The van der Waals surface area contributed by atoms with E-state index in [9.17, 15) is 4.79 Å². The Morgan fingerprint density at radius 1 is 1.03 bits per heavy atom. The largest absolute Gasteiger partial charge is 0.496 e. The smallest absolute Gasteiger partial charge is 0.251 e. The summed E-state index contributed by atoms with van der Waals surface area (Å²) in [6.45, 7) is 5.72. The summed E-state index contributed by atoms with van der Waals surface area (Å²) in [5.74, 6) is 0.478. The molecule has 1 fully saturated rings. The lowest BCUT2D eigenvalue weighted by atomic mass is 9.82. The lowest BCUT2D eigenvalue weighted by Crippen LogP contribution is -2.45. The van der Waals surface area contributed by atoms with Gasteiger partial charge in [0.05, 0.1) is 18.4 Å². The quantitative estimate of drug-likeness (QED) is 0.421. The first-order chi connectivity index (χ1) is 16.7. The molecule has 2 aliphatic rings. The first-order valence-corrected chi connectivity index (χ1v) is 12.3. The topological polar surface area (TPSA) is 67.6 Å². The second-order valence-electron chi connectivity index (χ2n) is 9.17. The number of methoxy groups -OCH3 is 1. The van der Waals surface area contributed by atoms with Crippen molar-refractivity contribution in [3.8, 4) is 28.0 Å². The highest BCUT2D eigenvalue weighted by atomic mass is 16.5. The first kappa shape index (κ1) is 22.5. The van der Waals surface area contributed by atoms with Gasteiger partial charge in [0, 0.05) is 38.2 Å². The van der Waals surface area contributed by atoms with Gasteiger partial charge in [-0.25, -0.2) is 0 Å². The van der Waals surface area contributed by atoms with Crippen LogP contribution in [-0.2, 0) is 12.8 Å². The predicted octanol–water partition coefficient (Wildman–Crippen LogP) is 4.78. The highest BCUT2D eigenvalue weighted by Crippen LogP contribution is 2.52. The van der Waals surface area contributed by atoms with E-state index in [4.69, 9.17) is 10.5 Å². The molecule has 1 saturated heterocycles. The Morgan fingerprint density at radius 2 is 1.74 bits per heavy atom. The van der Waals surface area contributed by atoms with Gasteiger partial charge in [0.25, 0.3) is 5.91 Å². The van der Waals surface area contributed by atoms with Crippen molar-refractivity contribution in [1.82, 2.24) is 5.32 Å². The molecule has 3 N–H and O–H groups in total. The Bertz CT molecular complexity index is 1230. The van der Waals surface area contributed by atoms with Crippen LogP contribution >= 0.6 is 0 Å². The molecular weight excluding hydrogens is 422 g/mol. The predicted molar refractivity (Wildman–Crippen MR) is 139 cm³/mol. The molecule has 5 rings (SSSR count). The van der Waals surface area contributed by atoms with Crippen LogP contribution < -0.4 is 20.7 Å². The van der Waals surface area contributed by atoms with Gasteiger partial charge in [-0.15, -0.1) is 0 Å². The number of unbranched alkanes of at least 4 members (excludes halogenated alkanes) is 1. The highest BCUT2D eigenvalue weighted by Gasteiger charge is 2.34. The van der Waals surface area contributed by atoms with Crippen LogP contribution in [0.4, 0.5) is 5.69 Å². The van der Waals surface area contributed by atoms with Gasteiger partial charge >= 0.3 is 0 Å². The van der Waals surface area contributed by atoms with Gasteiger partial charge in [-0.1, -0.05) is 55.8 Å². The summed E-state index contributed by atoms with van der Waals surface area (Å²) < 4.78 is 5.82. The first-order valence-electron chi connectivity index (χ1n) is 12.3. The monoisotopic (exact) mass is 455 g/mol. The van der Waals surface area contributed by atoms with Crippen molar-refractivity contribution in [3.05, 3.63) is 70.8 Å². The zero-order valence-electron chi connectivity index (χ0n) is 20.1. The van der Waals surface area contributed by atoms with Crippen LogP contribution in [0.2, 0.25) is 0 Å². The molecule has 1 amide bonds. The molecule has 3 aromatic carbocycles. The standard InChI is InChI=1S/C29H33N3O2/c1-3-4-10-22-26(21-12-7-8-13-24(21)34-2)25-20-11-6-5-9-19(20)18-23(25)28(27(22)29(30)33)32-16-14-31-15-17-32/h5-9,11-13,31H,3-4,10,14-18H2,1-2H3,(H2,30,33). The number of anilines is 1. The minimum Gasteiger partial charge on any atom is -0.496 e. The van der Waals surface area contributed by atoms with E-state index >= 15 is 0 Å². The summed E-state index contributed by atoms with van der Waals surface area (Å²) >= 11 is 0. The average molecular weight is 456 g/mol. The molecule has 0 spiro atoms. The zero-order valence-corrected chi connectivity index (χ0v) is 20.1. The van der Waals surface area contributed by atoms with Gasteiger partial charge in [0.2, 0.25) is 0 Å². The van der Waals surface area contributed by atoms with E-state index in [1.54, 1.807) is 7.11 Å². The summed E-state index contributed by atoms with van der Waals surface area (Å²) in [4.78, 5) is 15.6. The maximum atomic E-state index is 13.2. The third-order valence-electron chi connectivity index (χ3n) is 7.17. The fourth-order valence-electron chi connectivity index (χ4n) is 5.67. The minimum atomic E-state index is -0.338. The van der Waals surface area contributed by atoms with Crippen LogP contribution in [0.3, 0.4) is 0 Å². The van der Waals surface area contributed by atoms with Crippen LogP contribution in [0.25, 0.3) is 22.3 Å². The molecule has 34 heavy (non-hydrogen) atoms. The average Bonchev–Trinajstić information content (AvgIpc) is 3.26. The summed E-state index contributed by atoms with van der Waals surface area (Å²) in [6.07, 6.45) is 3.64. The molecule has 1 aliphatic heterocycles. The molecule has 0 unspecified atom stereocenters. The van der Waals surface area contributed by atoms with Crippen molar-refractivity contribution in [2.75, 3.05) is 38.2 Å². The van der Waals surface area contributed by atoms with E-state index in [2.05, 4.69) is 47.5 Å². The number of carbonyl (C=O) groups excluding carboxylic acids is 1. The molecule has 0 aromatic heterocycles. The van der Waals surface area contributed by atoms with E-state index < -0.39 is 0 Å². The molecule has 176 valence electrons. The van der Waals surface area contributed by atoms with E-state index in [-0.39, 0.29) is 5.91 Å². The van der Waals surface area contributed by atoms with Crippen molar-refractivity contribution in [1.29, 1.82) is 0 Å². The second kappa shape index (κ2) is 9.51. The van der Waals surface area contributed by atoms with E-state index in [1.165, 1.54) is 22.3 Å². The van der Waals surface area contributed by atoms with Gasteiger partial charge in [-0.05, 0) is 52.3 Å². The van der Waals surface area contributed by atoms with E-state index in [0.29, 0.717) is 5.56 Å². The number of carbonyl (C=O) groups is 1. The Morgan fingerprint density at radius 3 is 2.44 bits per heavy atom. The van der Waals surface area contributed by atoms with Gasteiger partial charge < -0.3 is 20.7 Å². The second-order valence-corrected chi connectivity index (χ2v) is 9.17. The zero-order chi connectivity index (χ0) is 23.7. The molecule has 0 saturated carbocycles. The Labute approximate surface area is 201 Å². The third kappa shape index (κ3) is 3.74. The number of nitrogens with one attached hydrogen (secondary N) is 1. The molecule has 3 aromatic rings. The molecular formula is C29H33N3O2. The van der Waals surface area contributed by atoms with Crippen molar-refractivity contribution in [3.63, 3.8) is 0 Å². The highest BCUT2D eigenvalue weighted by molar-refractivity contribution is 6.08. The number of primary amides is 1. The molecule has 1 aliphatic carbocycles. The van der Waals surface area contributed by atoms with Crippen LogP contribution in [0.1, 0.15) is 46.8 Å². The maximum Gasteiger partial charge on any atom is 0.251 e. The van der Waals surface area contributed by atoms with Crippen molar-refractivity contribution in [2.45, 2.75) is 32.6 Å². The van der Waals surface area contributed by atoms with Gasteiger partial charge in [0.1, 0.15) is 5.75 Å². The molecule has 0 atom stereocenters. The fraction of sp³-hybridized carbons (Fsp3) is 0.345. The van der Waals surface area contributed by atoms with E-state index in [1.807, 2.05) is 18.2 Å². The normalized spacial score (nSPS) is 14.6. The number of fused-ring (bicyclic) bond motifs is 3. The molecule has 0 bridgehead atoms. The van der Waals surface area contributed by atoms with Crippen molar-refractivity contribution in [2.24, 2.45) is 5.73 Å². The van der Waals surface area contributed by atoms with Crippen molar-refractivity contribution >= 4 is 11.6 Å². The number of ether oxygens (including phenoxy) is 1. The number of amides is 1. The molecule has 1 heterocycles. The van der Waals surface area contributed by atoms with Crippen LogP contribution in [0.15, 0.2) is 48.5 Å². The van der Waals surface area contributed by atoms with Crippen LogP contribution in [0.5, 0.6) is 5.75 Å². The number of nitrogens with zero attached hydrogens (tertiary/aromatic N) is 1. The molecule has 5 heteroatoms. The fourth-order valence-corrected chi connectivity index (χ4v) is 5.67. The Hall–Kier alpha value is -3.31. The van der Waals surface area contributed by atoms with Gasteiger partial charge in [-0.2, -0.15) is 0 Å². The number of nitrogens with two attached hydrogens (primary N) is 1. The maximum absolute atomic E-state index is 13.2. The van der Waals surface area contributed by atoms with Crippen molar-refractivity contribution < 1.29 is 9.53 Å². The summed E-state index contributed by atoms with van der Waals surface area (Å²) in [5, 5.41) is 3.44. The lowest BCUT2D eigenvalue weighted by Gasteiger charge is -2.34. The number of hydrogen-bond acceptors (Lipinski definition) is 4. The van der Waals surface area contributed by atoms with Crippen LogP contribution in [-0.4, -0.2) is 39.2 Å².